The Balaban J connectivity index is 1.16. The zero-order valence-corrected chi connectivity index (χ0v) is 21.9. The predicted octanol–water partition coefficient (Wildman–Crippen LogP) is -0.840. The molecule has 18 nitrogen and oxygen atoms in total. The molecule has 4 aromatic rings. The van der Waals surface area contributed by atoms with E-state index >= 15 is 0 Å². The van der Waals surface area contributed by atoms with Crippen LogP contribution in [0.15, 0.2) is 36.0 Å². The maximum atomic E-state index is 13.1. The fourth-order valence-corrected chi connectivity index (χ4v) is 6.49. The number of H-pyrrole nitrogens is 1. The first kappa shape index (κ1) is 26.6. The van der Waals surface area contributed by atoms with E-state index in [9.17, 15) is 24.5 Å². The van der Waals surface area contributed by atoms with Gasteiger partial charge in [-0.2, -0.15) is 0 Å². The second-order valence-electron chi connectivity index (χ2n) is 9.87. The lowest BCUT2D eigenvalue weighted by Gasteiger charge is -2.26. The minimum Gasteiger partial charge on any atom is -0.388 e. The van der Waals surface area contributed by atoms with Crippen molar-refractivity contribution in [1.29, 1.82) is 0 Å². The zero-order valence-electron chi connectivity index (χ0n) is 21.0. The summed E-state index contributed by atoms with van der Waals surface area (Å²) < 4.78 is 44.5. The smallest absolute Gasteiger partial charge is 0.388 e. The SMILES string of the molecule is Nc1ncnc2c1ccn2[C@@H]1OC2COP(=O)(O)O[C@@H]3[C@H](O)C(OCC[C@H]2[C@H]1O)O[C@H]3n1cnc2c(=O)[nH]cnc21. The number of aliphatic hydroxyl groups is 2. The number of hydrogen-bond donors (Lipinski definition) is 5. The first-order chi connectivity index (χ1) is 19.7. The standard InChI is InChI=1S/C22H25N8O10P/c23-16-10-1-3-29(17(10)25-6-24-16)20-13(31)9-2-4-36-22-14(32)15(40-41(34,35)37-5-11(9)38-20)21(39-22)30-8-28-12-18(30)26-7-27-19(12)33/h1,3,6-9,11,13-15,20-22,31-32H,2,4-5H2,(H,34,35)(H2,23,24,25)(H,26,27,33)/t9-,11?,13-,14+,15-,20-,21-,22?/m1/s1. The Kier molecular flexibility index (Phi) is 6.42. The fourth-order valence-electron chi connectivity index (χ4n) is 5.55. The van der Waals surface area contributed by atoms with Gasteiger partial charge in [-0.25, -0.2) is 24.5 Å². The molecule has 7 heterocycles. The van der Waals surface area contributed by atoms with Crippen LogP contribution < -0.4 is 11.3 Å². The molecular weight excluding hydrogens is 567 g/mol. The van der Waals surface area contributed by atoms with Gasteiger partial charge in [-0.15, -0.1) is 0 Å². The summed E-state index contributed by atoms with van der Waals surface area (Å²) in [4.78, 5) is 41.5. The Labute approximate surface area is 229 Å². The molecule has 0 aliphatic carbocycles. The molecule has 0 radical (unpaired) electrons. The zero-order chi connectivity index (χ0) is 28.5. The third-order valence-corrected chi connectivity index (χ3v) is 8.52. The molecule has 3 unspecified atom stereocenters. The van der Waals surface area contributed by atoms with Crippen molar-refractivity contribution in [2.45, 2.75) is 49.6 Å². The van der Waals surface area contributed by atoms with E-state index in [0.29, 0.717) is 11.0 Å². The Morgan fingerprint density at radius 2 is 1.93 bits per heavy atom. The van der Waals surface area contributed by atoms with Crippen LogP contribution in [0.1, 0.15) is 18.9 Å². The third-order valence-electron chi connectivity index (χ3n) is 7.54. The number of imidazole rings is 1. The molecule has 3 aliphatic rings. The Bertz CT molecular complexity index is 1710. The van der Waals surface area contributed by atoms with Crippen molar-refractivity contribution in [3.05, 3.63) is 41.6 Å². The molecule has 41 heavy (non-hydrogen) atoms. The summed E-state index contributed by atoms with van der Waals surface area (Å²) in [6.45, 7) is -0.415. The molecule has 6 N–H and O–H groups in total. The molecule has 4 aromatic heterocycles. The van der Waals surface area contributed by atoms with Crippen molar-refractivity contribution in [3.63, 3.8) is 0 Å². The van der Waals surface area contributed by atoms with Gasteiger partial charge in [0.2, 0.25) is 0 Å². The summed E-state index contributed by atoms with van der Waals surface area (Å²) in [7, 11) is -4.85. The maximum Gasteiger partial charge on any atom is 0.472 e. The average Bonchev–Trinajstić information content (AvgIpc) is 3.69. The Hall–Kier alpha value is -3.32. The van der Waals surface area contributed by atoms with E-state index in [4.69, 9.17) is 29.0 Å². The van der Waals surface area contributed by atoms with Gasteiger partial charge in [-0.1, -0.05) is 0 Å². The molecular formula is C22H25N8O10P. The van der Waals surface area contributed by atoms with Crippen LogP contribution in [0.25, 0.3) is 22.2 Å². The quantitative estimate of drug-likeness (QED) is 0.178. The van der Waals surface area contributed by atoms with Gasteiger partial charge in [0.15, 0.2) is 29.9 Å². The highest BCUT2D eigenvalue weighted by atomic mass is 31.2. The second-order valence-corrected chi connectivity index (χ2v) is 11.3. The van der Waals surface area contributed by atoms with Crippen LogP contribution >= 0.6 is 7.82 Å². The summed E-state index contributed by atoms with van der Waals surface area (Å²) in [5.41, 5.74) is 5.96. The fraction of sp³-hybridized carbons (Fsp3) is 0.500. The van der Waals surface area contributed by atoms with Gasteiger partial charge in [0.25, 0.3) is 5.56 Å². The van der Waals surface area contributed by atoms with Crippen molar-refractivity contribution in [3.8, 4) is 0 Å². The van der Waals surface area contributed by atoms with E-state index in [2.05, 4.69) is 24.9 Å². The number of aliphatic hydroxyl groups excluding tert-OH is 2. The molecule has 9 atom stereocenters. The Morgan fingerprint density at radius 3 is 2.78 bits per heavy atom. The number of nitrogen functional groups attached to an aromatic ring is 1. The number of nitrogens with zero attached hydrogens (tertiary/aromatic N) is 6. The first-order valence-corrected chi connectivity index (χ1v) is 14.1. The first-order valence-electron chi connectivity index (χ1n) is 12.6. The number of aromatic nitrogens is 7. The maximum absolute atomic E-state index is 13.1. The summed E-state index contributed by atoms with van der Waals surface area (Å²) in [6.07, 6.45) is -2.85. The van der Waals surface area contributed by atoms with Crippen molar-refractivity contribution >= 4 is 35.8 Å². The van der Waals surface area contributed by atoms with Gasteiger partial charge in [0.1, 0.15) is 36.1 Å². The second kappa shape index (κ2) is 9.90. The topological polar surface area (TPSA) is 244 Å². The number of ether oxygens (including phenoxy) is 3. The van der Waals surface area contributed by atoms with Crippen LogP contribution in [0.3, 0.4) is 0 Å². The number of hydrogen-bond acceptors (Lipinski definition) is 14. The number of fused-ring (bicyclic) bond motifs is 5. The number of nitrogens with one attached hydrogen (secondary N) is 1. The van der Waals surface area contributed by atoms with Crippen LogP contribution in [0, 0.1) is 5.92 Å². The lowest BCUT2D eigenvalue weighted by Crippen LogP contribution is -2.37. The van der Waals surface area contributed by atoms with E-state index in [1.54, 1.807) is 16.8 Å². The number of anilines is 1. The van der Waals surface area contributed by atoms with Crippen molar-refractivity contribution in [2.24, 2.45) is 5.92 Å². The average molecular weight is 592 g/mol. The van der Waals surface area contributed by atoms with Crippen LogP contribution in [0.5, 0.6) is 0 Å². The number of aromatic amines is 1. The van der Waals surface area contributed by atoms with Crippen LogP contribution in [-0.4, -0.2) is 93.1 Å². The summed E-state index contributed by atoms with van der Waals surface area (Å²) in [5, 5.41) is 22.8. The van der Waals surface area contributed by atoms with E-state index in [0.717, 1.165) is 6.33 Å². The molecule has 3 aliphatic heterocycles. The van der Waals surface area contributed by atoms with Crippen molar-refractivity contribution < 1.29 is 42.9 Å². The van der Waals surface area contributed by atoms with Crippen LogP contribution in [0.4, 0.5) is 5.82 Å². The van der Waals surface area contributed by atoms with Gasteiger partial charge in [-0.05, 0) is 12.5 Å². The minimum atomic E-state index is -4.85. The lowest BCUT2D eigenvalue weighted by atomic mass is 9.95. The predicted molar refractivity (Wildman–Crippen MR) is 135 cm³/mol. The highest BCUT2D eigenvalue weighted by Crippen LogP contribution is 2.51. The molecule has 218 valence electrons. The van der Waals surface area contributed by atoms with Gasteiger partial charge in [-0.3, -0.25) is 18.4 Å². The molecule has 0 aromatic carbocycles. The van der Waals surface area contributed by atoms with E-state index < -0.39 is 69.1 Å². The number of phosphoric ester groups is 1. The third kappa shape index (κ3) is 4.44. The molecule has 2 bridgehead atoms. The van der Waals surface area contributed by atoms with Crippen molar-refractivity contribution in [2.75, 3.05) is 18.9 Å². The van der Waals surface area contributed by atoms with E-state index in [-0.39, 0.29) is 30.0 Å². The molecule has 19 heteroatoms. The van der Waals surface area contributed by atoms with Crippen LogP contribution in [0.2, 0.25) is 0 Å². The molecule has 0 spiro atoms. The van der Waals surface area contributed by atoms with Gasteiger partial charge in [0, 0.05) is 12.1 Å². The highest BCUT2D eigenvalue weighted by Gasteiger charge is 2.52. The van der Waals surface area contributed by atoms with Gasteiger partial charge >= 0.3 is 7.82 Å². The number of nitrogens with two attached hydrogens (primary N) is 1. The summed E-state index contributed by atoms with van der Waals surface area (Å²) >= 11 is 0. The molecule has 7 rings (SSSR count). The highest BCUT2D eigenvalue weighted by molar-refractivity contribution is 7.47. The largest absolute Gasteiger partial charge is 0.472 e. The molecule has 3 fully saturated rings. The molecule has 0 saturated carbocycles. The van der Waals surface area contributed by atoms with Crippen LogP contribution in [-0.2, 0) is 27.8 Å². The lowest BCUT2D eigenvalue weighted by molar-refractivity contribution is -0.178. The van der Waals surface area contributed by atoms with Gasteiger partial charge < -0.3 is 44.6 Å². The van der Waals surface area contributed by atoms with Crippen molar-refractivity contribution in [1.82, 2.24) is 34.1 Å². The number of phosphoric acid groups is 1. The number of rotatable bonds is 2. The summed E-state index contributed by atoms with van der Waals surface area (Å²) in [6, 6.07) is 1.70. The summed E-state index contributed by atoms with van der Waals surface area (Å²) in [5.74, 6) is -0.351. The normalized spacial score (nSPS) is 36.3. The van der Waals surface area contributed by atoms with Gasteiger partial charge in [0.05, 0.1) is 37.4 Å². The van der Waals surface area contributed by atoms with E-state index in [1.807, 2.05) is 0 Å². The molecule has 3 saturated heterocycles. The minimum absolute atomic E-state index is 0.00630. The van der Waals surface area contributed by atoms with E-state index in [1.165, 1.54) is 17.2 Å². The molecule has 0 amide bonds. The monoisotopic (exact) mass is 592 g/mol. The Morgan fingerprint density at radius 1 is 1.07 bits per heavy atom.